The molecule has 0 aliphatic rings. The van der Waals surface area contributed by atoms with Crippen molar-refractivity contribution in [2.75, 3.05) is 12.0 Å². The highest BCUT2D eigenvalue weighted by Gasteiger charge is 2.17. The molecule has 0 unspecified atom stereocenters. The largest absolute Gasteiger partial charge is 0.294 e. The molecule has 2 N–H and O–H groups in total. The van der Waals surface area contributed by atoms with E-state index in [1.807, 2.05) is 31.5 Å². The summed E-state index contributed by atoms with van der Waals surface area (Å²) in [5, 5.41) is 0. The standard InChI is InChI=1S/C13H17N3O2S/c1-2-9-14-19(17,18)13-8-4-3-7-12(13)15-16-10-5-6-11-16/h3-8,10-11,14-15H,2,9H2,1H3. The fourth-order valence-corrected chi connectivity index (χ4v) is 2.94. The topological polar surface area (TPSA) is 63.1 Å². The van der Waals surface area contributed by atoms with Crippen LogP contribution in [-0.2, 0) is 10.0 Å². The minimum atomic E-state index is -3.48. The number of anilines is 1. The summed E-state index contributed by atoms with van der Waals surface area (Å²) < 4.78 is 28.6. The zero-order valence-corrected chi connectivity index (χ0v) is 11.5. The number of para-hydroxylation sites is 1. The Morgan fingerprint density at radius 1 is 1.11 bits per heavy atom. The summed E-state index contributed by atoms with van der Waals surface area (Å²) in [7, 11) is -3.48. The Kier molecular flexibility index (Phi) is 4.24. The van der Waals surface area contributed by atoms with Crippen molar-refractivity contribution >= 4 is 15.7 Å². The molecule has 0 saturated carbocycles. The highest BCUT2D eigenvalue weighted by molar-refractivity contribution is 7.89. The van der Waals surface area contributed by atoms with Gasteiger partial charge in [0.05, 0.1) is 5.69 Å². The average molecular weight is 279 g/mol. The second-order valence-electron chi connectivity index (χ2n) is 4.10. The minimum Gasteiger partial charge on any atom is -0.294 e. The molecule has 0 amide bonds. The van der Waals surface area contributed by atoms with Crippen molar-refractivity contribution in [2.24, 2.45) is 0 Å². The number of sulfonamides is 1. The number of rotatable bonds is 6. The highest BCUT2D eigenvalue weighted by atomic mass is 32.2. The maximum absolute atomic E-state index is 12.2. The van der Waals surface area contributed by atoms with Crippen LogP contribution in [0.15, 0.2) is 53.7 Å². The molecule has 1 heterocycles. The van der Waals surface area contributed by atoms with Crippen LogP contribution < -0.4 is 10.1 Å². The SMILES string of the molecule is CCCNS(=O)(=O)c1ccccc1Nn1cccc1. The first kappa shape index (κ1) is 13.6. The predicted octanol–water partition coefficient (Wildman–Crippen LogP) is 2.05. The summed E-state index contributed by atoms with van der Waals surface area (Å²) in [5.74, 6) is 0. The highest BCUT2D eigenvalue weighted by Crippen LogP contribution is 2.20. The molecule has 102 valence electrons. The lowest BCUT2D eigenvalue weighted by atomic mass is 10.3. The summed E-state index contributed by atoms with van der Waals surface area (Å²) in [5.41, 5.74) is 3.58. The van der Waals surface area contributed by atoms with Crippen LogP contribution in [0, 0.1) is 0 Å². The summed E-state index contributed by atoms with van der Waals surface area (Å²) in [4.78, 5) is 0.247. The van der Waals surface area contributed by atoms with Crippen molar-refractivity contribution in [1.82, 2.24) is 9.40 Å². The van der Waals surface area contributed by atoms with Gasteiger partial charge in [0.2, 0.25) is 10.0 Å². The van der Waals surface area contributed by atoms with Crippen LogP contribution in [0.2, 0.25) is 0 Å². The Morgan fingerprint density at radius 2 is 1.79 bits per heavy atom. The molecule has 0 aliphatic carbocycles. The molecular weight excluding hydrogens is 262 g/mol. The van der Waals surface area contributed by atoms with E-state index in [-0.39, 0.29) is 4.90 Å². The maximum atomic E-state index is 12.2. The Balaban J connectivity index is 2.30. The molecule has 0 radical (unpaired) electrons. The van der Waals surface area contributed by atoms with Gasteiger partial charge in [0.15, 0.2) is 0 Å². The second-order valence-corrected chi connectivity index (χ2v) is 5.83. The van der Waals surface area contributed by atoms with Crippen molar-refractivity contribution in [3.63, 3.8) is 0 Å². The number of nitrogens with one attached hydrogen (secondary N) is 2. The first-order valence-electron chi connectivity index (χ1n) is 6.12. The molecule has 5 nitrogen and oxygen atoms in total. The van der Waals surface area contributed by atoms with E-state index in [9.17, 15) is 8.42 Å². The van der Waals surface area contributed by atoms with Crippen LogP contribution in [-0.4, -0.2) is 19.6 Å². The Labute approximate surface area is 113 Å². The van der Waals surface area contributed by atoms with E-state index in [0.29, 0.717) is 12.2 Å². The quantitative estimate of drug-likeness (QED) is 0.850. The minimum absolute atomic E-state index is 0.247. The summed E-state index contributed by atoms with van der Waals surface area (Å²) in [6.45, 7) is 2.35. The summed E-state index contributed by atoms with van der Waals surface area (Å²) in [6, 6.07) is 10.6. The van der Waals surface area contributed by atoms with E-state index >= 15 is 0 Å². The van der Waals surface area contributed by atoms with E-state index < -0.39 is 10.0 Å². The molecule has 0 saturated heterocycles. The Bertz CT molecular complexity index is 621. The smallest absolute Gasteiger partial charge is 0.242 e. The molecule has 2 aromatic rings. The van der Waals surface area contributed by atoms with Crippen molar-refractivity contribution < 1.29 is 8.42 Å². The van der Waals surface area contributed by atoms with Crippen molar-refractivity contribution in [2.45, 2.75) is 18.2 Å². The number of hydrogen-bond acceptors (Lipinski definition) is 3. The molecule has 1 aromatic heterocycles. The number of nitrogens with zero attached hydrogens (tertiary/aromatic N) is 1. The third-order valence-electron chi connectivity index (χ3n) is 2.57. The Morgan fingerprint density at radius 3 is 2.47 bits per heavy atom. The number of hydrogen-bond donors (Lipinski definition) is 2. The normalized spacial score (nSPS) is 11.4. The van der Waals surface area contributed by atoms with E-state index in [0.717, 1.165) is 6.42 Å². The van der Waals surface area contributed by atoms with Crippen molar-refractivity contribution in [3.8, 4) is 0 Å². The maximum Gasteiger partial charge on any atom is 0.242 e. The van der Waals surface area contributed by atoms with Gasteiger partial charge in [0, 0.05) is 18.9 Å². The molecule has 0 aliphatic heterocycles. The van der Waals surface area contributed by atoms with Crippen LogP contribution in [0.4, 0.5) is 5.69 Å². The van der Waals surface area contributed by atoms with E-state index in [1.165, 1.54) is 0 Å². The zero-order chi connectivity index (χ0) is 13.7. The van der Waals surface area contributed by atoms with Gasteiger partial charge in [-0.2, -0.15) is 0 Å². The van der Waals surface area contributed by atoms with Crippen LogP contribution in [0.25, 0.3) is 0 Å². The van der Waals surface area contributed by atoms with Crippen LogP contribution in [0.5, 0.6) is 0 Å². The van der Waals surface area contributed by atoms with Gasteiger partial charge >= 0.3 is 0 Å². The first-order chi connectivity index (χ1) is 9.13. The predicted molar refractivity (Wildman–Crippen MR) is 75.4 cm³/mol. The van der Waals surface area contributed by atoms with Gasteiger partial charge < -0.3 is 0 Å². The third-order valence-corrected chi connectivity index (χ3v) is 4.09. The van der Waals surface area contributed by atoms with Crippen LogP contribution in [0.3, 0.4) is 0 Å². The van der Waals surface area contributed by atoms with E-state index in [4.69, 9.17) is 0 Å². The monoisotopic (exact) mass is 279 g/mol. The molecule has 0 fully saturated rings. The van der Waals surface area contributed by atoms with Gasteiger partial charge in [-0.1, -0.05) is 19.1 Å². The lowest BCUT2D eigenvalue weighted by Gasteiger charge is -2.13. The molecule has 6 heteroatoms. The van der Waals surface area contributed by atoms with Gasteiger partial charge in [-0.3, -0.25) is 10.1 Å². The number of benzene rings is 1. The van der Waals surface area contributed by atoms with E-state index in [2.05, 4.69) is 10.1 Å². The van der Waals surface area contributed by atoms with E-state index in [1.54, 1.807) is 28.9 Å². The lowest BCUT2D eigenvalue weighted by Crippen LogP contribution is -2.25. The summed E-state index contributed by atoms with van der Waals surface area (Å²) in [6.07, 6.45) is 4.37. The molecule has 19 heavy (non-hydrogen) atoms. The second kappa shape index (κ2) is 5.90. The zero-order valence-electron chi connectivity index (χ0n) is 10.7. The van der Waals surface area contributed by atoms with Crippen LogP contribution >= 0.6 is 0 Å². The van der Waals surface area contributed by atoms with Gasteiger partial charge in [-0.15, -0.1) is 0 Å². The fraction of sp³-hybridized carbons (Fsp3) is 0.231. The van der Waals surface area contributed by atoms with Gasteiger partial charge in [-0.25, -0.2) is 13.1 Å². The number of aromatic nitrogens is 1. The molecular formula is C13H17N3O2S. The van der Waals surface area contributed by atoms with Gasteiger partial charge in [-0.05, 0) is 30.7 Å². The first-order valence-corrected chi connectivity index (χ1v) is 7.60. The molecule has 0 atom stereocenters. The van der Waals surface area contributed by atoms with Crippen molar-refractivity contribution in [3.05, 3.63) is 48.8 Å². The van der Waals surface area contributed by atoms with Gasteiger partial charge in [0.1, 0.15) is 4.90 Å². The fourth-order valence-electron chi connectivity index (χ4n) is 1.66. The molecule has 1 aromatic carbocycles. The Hall–Kier alpha value is -1.79. The van der Waals surface area contributed by atoms with Crippen LogP contribution in [0.1, 0.15) is 13.3 Å². The molecule has 0 bridgehead atoms. The molecule has 2 rings (SSSR count). The summed E-state index contributed by atoms with van der Waals surface area (Å²) >= 11 is 0. The van der Waals surface area contributed by atoms with Gasteiger partial charge in [0.25, 0.3) is 0 Å². The third kappa shape index (κ3) is 3.36. The molecule has 0 spiro atoms. The lowest BCUT2D eigenvalue weighted by molar-refractivity contribution is 0.581. The average Bonchev–Trinajstić information content (AvgIpc) is 2.90. The van der Waals surface area contributed by atoms with Crippen molar-refractivity contribution in [1.29, 1.82) is 0 Å².